The maximum atomic E-state index is 14.2. The summed E-state index contributed by atoms with van der Waals surface area (Å²) in [6.45, 7) is 3.57. The standard InChI is InChI=1S/C32H23Cl2N3O7S/c1-4-43-31(39)27-16(2)35-32-36(29(27)28-19-8-6-5-7-17(19)9-11-25(28)42-3)30(38)26(45-32)13-18-10-12-24(44-18)20-14-22(34)23(37(40)41)15-21(20)33/h5-15,29H,4H2,1-3H3/b26-13+. The van der Waals surface area contributed by atoms with Gasteiger partial charge in [0.15, 0.2) is 4.80 Å². The zero-order valence-corrected chi connectivity index (χ0v) is 26.3. The van der Waals surface area contributed by atoms with Crippen molar-refractivity contribution in [3.63, 3.8) is 0 Å². The highest BCUT2D eigenvalue weighted by atomic mass is 35.5. The van der Waals surface area contributed by atoms with Crippen LogP contribution in [-0.2, 0) is 9.53 Å². The van der Waals surface area contributed by atoms with Gasteiger partial charge in [-0.1, -0.05) is 64.9 Å². The van der Waals surface area contributed by atoms with Gasteiger partial charge in [-0.05, 0) is 48.9 Å². The Balaban J connectivity index is 1.53. The van der Waals surface area contributed by atoms with E-state index in [0.29, 0.717) is 43.4 Å². The van der Waals surface area contributed by atoms with Crippen LogP contribution in [0.15, 0.2) is 86.1 Å². The zero-order valence-electron chi connectivity index (χ0n) is 24.0. The Hall–Kier alpha value is -4.71. The van der Waals surface area contributed by atoms with Crippen LogP contribution in [0.2, 0.25) is 10.0 Å². The van der Waals surface area contributed by atoms with E-state index in [-0.39, 0.29) is 27.9 Å². The third-order valence-electron chi connectivity index (χ3n) is 7.34. The second-order valence-corrected chi connectivity index (χ2v) is 11.8. The van der Waals surface area contributed by atoms with Gasteiger partial charge in [0.1, 0.15) is 28.3 Å². The first-order valence-electron chi connectivity index (χ1n) is 13.6. The van der Waals surface area contributed by atoms with E-state index in [2.05, 4.69) is 4.99 Å². The lowest BCUT2D eigenvalue weighted by Gasteiger charge is -2.27. The molecule has 3 aromatic carbocycles. The summed E-state index contributed by atoms with van der Waals surface area (Å²) in [5.74, 6) is 0.539. The van der Waals surface area contributed by atoms with Gasteiger partial charge in [0.2, 0.25) is 0 Å². The van der Waals surface area contributed by atoms with Crippen LogP contribution in [0.25, 0.3) is 28.2 Å². The number of halogens is 2. The Kier molecular flexibility index (Phi) is 8.08. The molecule has 0 aliphatic carbocycles. The molecule has 0 fully saturated rings. The van der Waals surface area contributed by atoms with E-state index in [1.54, 1.807) is 32.1 Å². The number of rotatable bonds is 7. The minimum absolute atomic E-state index is 0.0809. The van der Waals surface area contributed by atoms with E-state index >= 15 is 0 Å². The van der Waals surface area contributed by atoms with Gasteiger partial charge < -0.3 is 13.9 Å². The first-order valence-corrected chi connectivity index (χ1v) is 15.2. The molecule has 0 saturated heterocycles. The number of fused-ring (bicyclic) bond motifs is 2. The first kappa shape index (κ1) is 30.3. The Labute approximate surface area is 269 Å². The number of furan rings is 1. The molecule has 0 spiro atoms. The van der Waals surface area contributed by atoms with Crippen molar-refractivity contribution in [3.05, 3.63) is 123 Å². The average molecular weight is 665 g/mol. The Bertz CT molecular complexity index is 2250. The van der Waals surface area contributed by atoms with Crippen LogP contribution in [0.4, 0.5) is 5.69 Å². The predicted octanol–water partition coefficient (Wildman–Crippen LogP) is 6.44. The molecule has 1 aliphatic heterocycles. The molecule has 0 N–H and O–H groups in total. The summed E-state index contributed by atoms with van der Waals surface area (Å²) in [6, 6.07) is 16.3. The molecule has 2 aromatic heterocycles. The monoisotopic (exact) mass is 663 g/mol. The molecular formula is C32H23Cl2N3O7S. The molecule has 6 rings (SSSR count). The summed E-state index contributed by atoms with van der Waals surface area (Å²) in [6.07, 6.45) is 1.56. The summed E-state index contributed by atoms with van der Waals surface area (Å²) < 4.78 is 19.0. The summed E-state index contributed by atoms with van der Waals surface area (Å²) in [7, 11) is 1.54. The summed E-state index contributed by atoms with van der Waals surface area (Å²) >= 11 is 13.5. The number of carbonyl (C=O) groups is 1. The Morgan fingerprint density at radius 3 is 2.67 bits per heavy atom. The van der Waals surface area contributed by atoms with Gasteiger partial charge in [0.25, 0.3) is 11.2 Å². The molecular weight excluding hydrogens is 641 g/mol. The van der Waals surface area contributed by atoms with Crippen molar-refractivity contribution in [1.82, 2.24) is 4.57 Å². The molecule has 45 heavy (non-hydrogen) atoms. The number of nitro benzene ring substituents is 1. The Morgan fingerprint density at radius 2 is 1.93 bits per heavy atom. The van der Waals surface area contributed by atoms with Crippen molar-refractivity contribution >= 4 is 63.0 Å². The third kappa shape index (κ3) is 5.33. The number of nitro groups is 1. The second kappa shape index (κ2) is 12.0. The van der Waals surface area contributed by atoms with Crippen molar-refractivity contribution in [3.8, 4) is 17.1 Å². The van der Waals surface area contributed by atoms with Crippen molar-refractivity contribution in [2.45, 2.75) is 19.9 Å². The number of methoxy groups -OCH3 is 1. The van der Waals surface area contributed by atoms with E-state index in [1.807, 2.05) is 36.4 Å². The van der Waals surface area contributed by atoms with Crippen LogP contribution in [0, 0.1) is 10.1 Å². The number of hydrogen-bond acceptors (Lipinski definition) is 9. The number of aromatic nitrogens is 1. The Morgan fingerprint density at radius 1 is 1.16 bits per heavy atom. The van der Waals surface area contributed by atoms with Gasteiger partial charge in [-0.3, -0.25) is 19.5 Å². The molecule has 0 bridgehead atoms. The lowest BCUT2D eigenvalue weighted by molar-refractivity contribution is -0.384. The van der Waals surface area contributed by atoms with Crippen molar-refractivity contribution in [2.24, 2.45) is 4.99 Å². The van der Waals surface area contributed by atoms with Crippen LogP contribution >= 0.6 is 34.5 Å². The lowest BCUT2D eigenvalue weighted by Crippen LogP contribution is -2.40. The van der Waals surface area contributed by atoms with Gasteiger partial charge in [-0.25, -0.2) is 9.79 Å². The largest absolute Gasteiger partial charge is 0.496 e. The number of ether oxygens (including phenoxy) is 2. The van der Waals surface area contributed by atoms with E-state index < -0.39 is 22.5 Å². The summed E-state index contributed by atoms with van der Waals surface area (Å²) in [4.78, 5) is 43.2. The van der Waals surface area contributed by atoms with Gasteiger partial charge in [-0.2, -0.15) is 0 Å². The van der Waals surface area contributed by atoms with Crippen molar-refractivity contribution < 1.29 is 23.6 Å². The molecule has 10 nitrogen and oxygen atoms in total. The van der Waals surface area contributed by atoms with Crippen LogP contribution in [-0.4, -0.2) is 29.2 Å². The van der Waals surface area contributed by atoms with E-state index in [0.717, 1.165) is 28.2 Å². The highest BCUT2D eigenvalue weighted by Crippen LogP contribution is 2.41. The number of esters is 1. The molecule has 5 aromatic rings. The minimum atomic E-state index is -0.892. The predicted molar refractivity (Wildman–Crippen MR) is 172 cm³/mol. The molecule has 0 radical (unpaired) electrons. The van der Waals surface area contributed by atoms with Crippen LogP contribution in [0.3, 0.4) is 0 Å². The van der Waals surface area contributed by atoms with Gasteiger partial charge >= 0.3 is 5.97 Å². The molecule has 0 saturated carbocycles. The summed E-state index contributed by atoms with van der Waals surface area (Å²) in [5.41, 5.74) is 0.911. The first-order chi connectivity index (χ1) is 21.6. The number of carbonyl (C=O) groups excluding carboxylic acids is 1. The third-order valence-corrected chi connectivity index (χ3v) is 8.94. The van der Waals surface area contributed by atoms with Crippen molar-refractivity contribution in [2.75, 3.05) is 13.7 Å². The van der Waals surface area contributed by atoms with E-state index in [4.69, 9.17) is 37.1 Å². The smallest absolute Gasteiger partial charge is 0.338 e. The molecule has 1 unspecified atom stereocenters. The average Bonchev–Trinajstić information content (AvgIpc) is 3.60. The molecule has 13 heteroatoms. The maximum absolute atomic E-state index is 14.2. The zero-order chi connectivity index (χ0) is 32.0. The fourth-order valence-electron chi connectivity index (χ4n) is 5.37. The van der Waals surface area contributed by atoms with Gasteiger partial charge in [-0.15, -0.1) is 0 Å². The topological polar surface area (TPSA) is 126 Å². The van der Waals surface area contributed by atoms with Crippen LogP contribution in [0.5, 0.6) is 5.75 Å². The van der Waals surface area contributed by atoms with Crippen molar-refractivity contribution in [1.29, 1.82) is 0 Å². The normalized spacial score (nSPS) is 14.8. The van der Waals surface area contributed by atoms with Crippen LogP contribution in [0.1, 0.15) is 31.2 Å². The molecule has 0 amide bonds. The number of benzene rings is 3. The minimum Gasteiger partial charge on any atom is -0.496 e. The molecule has 228 valence electrons. The van der Waals surface area contributed by atoms with E-state index in [9.17, 15) is 19.7 Å². The quantitative estimate of drug-likeness (QED) is 0.111. The SMILES string of the molecule is CCOC(=O)C1=C(C)N=c2s/c(=C/c3ccc(-c4cc(Cl)c([N+](=O)[O-])cc4Cl)o3)c(=O)n2C1c1c(OC)ccc2ccccc12. The molecule has 3 heterocycles. The highest BCUT2D eigenvalue weighted by Gasteiger charge is 2.36. The van der Waals surface area contributed by atoms with Gasteiger partial charge in [0, 0.05) is 23.3 Å². The highest BCUT2D eigenvalue weighted by molar-refractivity contribution is 7.07. The fourth-order valence-corrected chi connectivity index (χ4v) is 6.88. The van der Waals surface area contributed by atoms with Crippen LogP contribution < -0.4 is 19.6 Å². The number of thiazole rings is 1. The number of nitrogens with zero attached hydrogens (tertiary/aromatic N) is 3. The van der Waals surface area contributed by atoms with Gasteiger partial charge in [0.05, 0.1) is 39.5 Å². The maximum Gasteiger partial charge on any atom is 0.338 e. The van der Waals surface area contributed by atoms with E-state index in [1.165, 1.54) is 17.7 Å². The summed E-state index contributed by atoms with van der Waals surface area (Å²) in [5, 5.41) is 12.9. The number of allylic oxidation sites excluding steroid dienone is 1. The molecule has 1 aliphatic rings. The molecule has 1 atom stereocenters. The lowest BCUT2D eigenvalue weighted by atomic mass is 9.90. The number of hydrogen-bond donors (Lipinski definition) is 0. The fraction of sp³-hybridized carbons (Fsp3) is 0.156. The second-order valence-electron chi connectivity index (χ2n) is 9.95.